The van der Waals surface area contributed by atoms with E-state index < -0.39 is 6.04 Å². The monoisotopic (exact) mass is 653 g/mol. The number of nitrogens with two attached hydrogens (primary N) is 1. The van der Waals surface area contributed by atoms with Crippen molar-refractivity contribution in [3.63, 3.8) is 0 Å². The lowest BCUT2D eigenvalue weighted by Gasteiger charge is -2.21. The molecule has 1 amide bonds. The molecule has 3 aromatic heterocycles. The molecule has 2 aromatic carbocycles. The number of amides is 1. The zero-order chi connectivity index (χ0) is 28.3. The van der Waals surface area contributed by atoms with Gasteiger partial charge in [0.15, 0.2) is 5.82 Å². The predicted molar refractivity (Wildman–Crippen MR) is 181 cm³/mol. The molecule has 0 radical (unpaired) electrons. The molecule has 0 fully saturated rings. The first-order valence-electron chi connectivity index (χ1n) is 13.7. The maximum Gasteiger partial charge on any atom is 0.294 e. The summed E-state index contributed by atoms with van der Waals surface area (Å²) in [5.41, 5.74) is 9.84. The molecule has 6 rings (SSSR count). The van der Waals surface area contributed by atoms with Crippen LogP contribution in [0, 0.1) is 6.92 Å². The third-order valence-electron chi connectivity index (χ3n) is 7.75. The fourth-order valence-corrected chi connectivity index (χ4v) is 5.62. The van der Waals surface area contributed by atoms with Crippen LogP contribution in [0.2, 0.25) is 0 Å². The molecule has 0 spiro atoms. The fourth-order valence-electron chi connectivity index (χ4n) is 5.62. The van der Waals surface area contributed by atoms with Crippen molar-refractivity contribution in [3.05, 3.63) is 124 Å². The Morgan fingerprint density at radius 1 is 1.00 bits per heavy atom. The highest BCUT2D eigenvalue weighted by molar-refractivity contribution is 5.87. The predicted octanol–water partition coefficient (Wildman–Crippen LogP) is 5.39. The lowest BCUT2D eigenvalue weighted by Crippen LogP contribution is -2.36. The van der Waals surface area contributed by atoms with Crippen molar-refractivity contribution in [1.82, 2.24) is 24.8 Å². The molecule has 4 heterocycles. The summed E-state index contributed by atoms with van der Waals surface area (Å²) in [6, 6.07) is 23.3. The number of halogens is 3. The van der Waals surface area contributed by atoms with Crippen molar-refractivity contribution in [1.29, 1.82) is 0 Å². The van der Waals surface area contributed by atoms with Crippen molar-refractivity contribution in [3.8, 4) is 0 Å². The second-order valence-corrected chi connectivity index (χ2v) is 10.3. The van der Waals surface area contributed by atoms with E-state index in [2.05, 4.69) is 49.9 Å². The highest BCUT2D eigenvalue weighted by Crippen LogP contribution is 2.30. The standard InChI is InChI=1S/C32H31N7O2.3ClH/c1-20-22(12-15-29(33)38-20)17-37-31(40)28-14-13-23-18-35-30(32(41)39(23)28)36-19-26(27-11-4-5-16-34-27)25-10-6-8-21-7-2-3-9-24(21)25;;;/h2-12,15-16,18,26,28H,13-14,17,19H2,1H3,(H2,33,38)(H,35,36)(H,37,40);3*1H/t26-,28+;;;/m1.../s1. The van der Waals surface area contributed by atoms with Crippen LogP contribution in [0.3, 0.4) is 0 Å². The number of anilines is 2. The zero-order valence-electron chi connectivity index (χ0n) is 24.0. The fraction of sp³-hybridized carbons (Fsp3) is 0.219. The van der Waals surface area contributed by atoms with Gasteiger partial charge in [0, 0.05) is 48.5 Å². The normalized spacial score (nSPS) is 13.9. The average Bonchev–Trinajstić information content (AvgIpc) is 3.43. The number of carbonyl (C=O) groups is 1. The minimum Gasteiger partial charge on any atom is -0.384 e. The van der Waals surface area contributed by atoms with Gasteiger partial charge >= 0.3 is 0 Å². The van der Waals surface area contributed by atoms with Crippen LogP contribution in [0.4, 0.5) is 11.6 Å². The quantitative estimate of drug-likeness (QED) is 0.205. The van der Waals surface area contributed by atoms with Crippen LogP contribution in [0.1, 0.15) is 46.6 Å². The molecule has 0 aliphatic carbocycles. The van der Waals surface area contributed by atoms with Crippen molar-refractivity contribution in [2.45, 2.75) is 38.3 Å². The molecule has 12 heteroatoms. The van der Waals surface area contributed by atoms with E-state index in [1.54, 1.807) is 23.0 Å². The minimum absolute atomic E-state index is 0. The molecular weight excluding hydrogens is 621 g/mol. The first-order valence-corrected chi connectivity index (χ1v) is 13.7. The van der Waals surface area contributed by atoms with Crippen LogP contribution in [0.5, 0.6) is 0 Å². The number of carbonyl (C=O) groups excluding carboxylic acids is 1. The Balaban J connectivity index is 0.00000176. The van der Waals surface area contributed by atoms with Crippen molar-refractivity contribution in [2.24, 2.45) is 0 Å². The van der Waals surface area contributed by atoms with E-state index >= 15 is 0 Å². The van der Waals surface area contributed by atoms with Crippen molar-refractivity contribution >= 4 is 65.5 Å². The van der Waals surface area contributed by atoms with Crippen molar-refractivity contribution < 1.29 is 4.79 Å². The Bertz CT molecular complexity index is 1800. The first-order chi connectivity index (χ1) is 20.0. The van der Waals surface area contributed by atoms with Gasteiger partial charge in [-0.2, -0.15) is 0 Å². The van der Waals surface area contributed by atoms with Crippen molar-refractivity contribution in [2.75, 3.05) is 17.6 Å². The molecule has 0 saturated heterocycles. The third kappa shape index (κ3) is 6.96. The summed E-state index contributed by atoms with van der Waals surface area (Å²) < 4.78 is 1.58. The highest BCUT2D eigenvalue weighted by atomic mass is 35.5. The second kappa shape index (κ2) is 15.0. The molecule has 1 aliphatic heterocycles. The van der Waals surface area contributed by atoms with Gasteiger partial charge in [-0.1, -0.05) is 54.6 Å². The Morgan fingerprint density at radius 2 is 1.77 bits per heavy atom. The van der Waals surface area contributed by atoms with Gasteiger partial charge in [-0.05, 0) is 59.9 Å². The number of benzene rings is 2. The second-order valence-electron chi connectivity index (χ2n) is 10.3. The molecule has 4 N–H and O–H groups in total. The number of rotatable bonds is 8. The van der Waals surface area contributed by atoms with Gasteiger partial charge < -0.3 is 16.4 Å². The van der Waals surface area contributed by atoms with E-state index in [4.69, 9.17) is 5.73 Å². The molecule has 230 valence electrons. The number of nitrogen functional groups attached to an aromatic ring is 1. The smallest absolute Gasteiger partial charge is 0.294 e. The zero-order valence-corrected chi connectivity index (χ0v) is 26.4. The van der Waals surface area contributed by atoms with Crippen LogP contribution < -0.4 is 21.9 Å². The summed E-state index contributed by atoms with van der Waals surface area (Å²) in [4.78, 5) is 40.2. The number of nitrogens with one attached hydrogen (secondary N) is 2. The third-order valence-corrected chi connectivity index (χ3v) is 7.75. The Hall–Kier alpha value is -4.18. The Labute approximate surface area is 274 Å². The summed E-state index contributed by atoms with van der Waals surface area (Å²) in [5, 5.41) is 8.54. The van der Waals surface area contributed by atoms with E-state index in [9.17, 15) is 9.59 Å². The van der Waals surface area contributed by atoms with Gasteiger partial charge in [0.1, 0.15) is 11.9 Å². The number of aryl methyl sites for hydroxylation is 2. The minimum atomic E-state index is -0.604. The number of hydrogen-bond donors (Lipinski definition) is 3. The van der Waals surface area contributed by atoms with E-state index in [1.807, 2.05) is 49.4 Å². The summed E-state index contributed by atoms with van der Waals surface area (Å²) >= 11 is 0. The van der Waals surface area contributed by atoms with Gasteiger partial charge in [0.2, 0.25) is 5.91 Å². The topological polar surface area (TPSA) is 128 Å². The van der Waals surface area contributed by atoms with E-state index in [0.29, 0.717) is 31.7 Å². The average molecular weight is 655 g/mol. The first kappa shape index (κ1) is 34.3. The van der Waals surface area contributed by atoms with Crippen LogP contribution in [-0.2, 0) is 17.8 Å². The van der Waals surface area contributed by atoms with Gasteiger partial charge in [0.25, 0.3) is 5.56 Å². The van der Waals surface area contributed by atoms with Gasteiger partial charge in [-0.15, -0.1) is 37.2 Å². The summed E-state index contributed by atoms with van der Waals surface area (Å²) in [5.74, 6) is 0.319. The molecule has 9 nitrogen and oxygen atoms in total. The highest BCUT2D eigenvalue weighted by Gasteiger charge is 2.31. The maximum atomic E-state index is 13.7. The summed E-state index contributed by atoms with van der Waals surface area (Å²) in [7, 11) is 0. The van der Waals surface area contributed by atoms with Gasteiger partial charge in [0.05, 0.1) is 0 Å². The Morgan fingerprint density at radius 3 is 2.55 bits per heavy atom. The lowest BCUT2D eigenvalue weighted by atomic mass is 9.90. The largest absolute Gasteiger partial charge is 0.384 e. The molecule has 2 atom stereocenters. The van der Waals surface area contributed by atoms with E-state index in [1.165, 1.54) is 0 Å². The number of pyridine rings is 2. The SMILES string of the molecule is Cc1nc(N)ccc1CNC(=O)[C@@H]1CCc2cnc(NC[C@@H](c3ccccn3)c3cccc4ccccc34)c(=O)n21.Cl.Cl.Cl. The molecule has 0 bridgehead atoms. The summed E-state index contributed by atoms with van der Waals surface area (Å²) in [6.45, 7) is 2.58. The molecule has 0 unspecified atom stereocenters. The number of nitrogens with zero attached hydrogens (tertiary/aromatic N) is 4. The number of aromatic nitrogens is 4. The van der Waals surface area contributed by atoms with Crippen LogP contribution in [-0.4, -0.2) is 32.0 Å². The molecule has 0 saturated carbocycles. The summed E-state index contributed by atoms with van der Waals surface area (Å²) in [6.07, 6.45) is 4.62. The molecular formula is C32H34Cl3N7O2. The van der Waals surface area contributed by atoms with Crippen LogP contribution in [0.15, 0.2) is 90.0 Å². The maximum absolute atomic E-state index is 13.7. The Kier molecular flexibility index (Phi) is 11.7. The molecule has 44 heavy (non-hydrogen) atoms. The number of fused-ring (bicyclic) bond motifs is 2. The molecule has 1 aliphatic rings. The van der Waals surface area contributed by atoms with Crippen LogP contribution >= 0.6 is 37.2 Å². The lowest BCUT2D eigenvalue weighted by molar-refractivity contribution is -0.124. The molecule has 5 aromatic rings. The van der Waals surface area contributed by atoms with E-state index in [0.717, 1.165) is 39.0 Å². The van der Waals surface area contributed by atoms with Crippen LogP contribution in [0.25, 0.3) is 10.8 Å². The van der Waals surface area contributed by atoms with Gasteiger partial charge in [-0.3, -0.25) is 19.1 Å². The van der Waals surface area contributed by atoms with E-state index in [-0.39, 0.29) is 60.4 Å². The number of hydrogen-bond acceptors (Lipinski definition) is 7. The van der Waals surface area contributed by atoms with Gasteiger partial charge in [-0.25, -0.2) is 9.97 Å².